The molecule has 1 aliphatic heterocycles. The molecule has 2 nitrogen and oxygen atoms in total. The van der Waals surface area contributed by atoms with Crippen molar-refractivity contribution in [3.8, 4) is 0 Å². The molecule has 2 atom stereocenters. The maximum absolute atomic E-state index is 3.71. The number of nitrogens with one attached hydrogen (secondary N) is 1. The largest absolute Gasteiger partial charge is 0.311 e. The summed E-state index contributed by atoms with van der Waals surface area (Å²) in [6.07, 6.45) is 11.4. The van der Waals surface area contributed by atoms with E-state index in [0.29, 0.717) is 0 Å². The van der Waals surface area contributed by atoms with Crippen LogP contribution < -0.4 is 5.32 Å². The summed E-state index contributed by atoms with van der Waals surface area (Å²) >= 11 is 0. The Labute approximate surface area is 107 Å². The maximum Gasteiger partial charge on any atom is 0.0196 e. The standard InChI is InChI=1S/C15H30N2/c1-3-8-14-12-17(13(2)11-16-14)15-9-6-4-5-7-10-15/h13-16H,3-12H2,1-2H3. The summed E-state index contributed by atoms with van der Waals surface area (Å²) < 4.78 is 0. The third-order valence-corrected chi connectivity index (χ3v) is 4.63. The Morgan fingerprint density at radius 3 is 2.47 bits per heavy atom. The molecule has 2 unspecified atom stereocenters. The quantitative estimate of drug-likeness (QED) is 0.760. The molecule has 1 N–H and O–H groups in total. The molecule has 0 spiro atoms. The van der Waals surface area contributed by atoms with Crippen LogP contribution in [-0.4, -0.2) is 36.1 Å². The second-order valence-electron chi connectivity index (χ2n) is 6.09. The highest BCUT2D eigenvalue weighted by molar-refractivity contribution is 4.88. The topological polar surface area (TPSA) is 15.3 Å². The van der Waals surface area contributed by atoms with Gasteiger partial charge in [-0.1, -0.05) is 39.0 Å². The van der Waals surface area contributed by atoms with Crippen LogP contribution in [0.2, 0.25) is 0 Å². The predicted octanol–water partition coefficient (Wildman–Crippen LogP) is 3.17. The van der Waals surface area contributed by atoms with Crippen molar-refractivity contribution >= 4 is 0 Å². The van der Waals surface area contributed by atoms with E-state index in [1.807, 2.05) is 0 Å². The number of nitrogens with zero attached hydrogens (tertiary/aromatic N) is 1. The van der Waals surface area contributed by atoms with Gasteiger partial charge in [0.15, 0.2) is 0 Å². The Morgan fingerprint density at radius 2 is 1.82 bits per heavy atom. The van der Waals surface area contributed by atoms with Gasteiger partial charge in [-0.3, -0.25) is 4.90 Å². The number of rotatable bonds is 3. The average molecular weight is 238 g/mol. The fourth-order valence-electron chi connectivity index (χ4n) is 3.59. The van der Waals surface area contributed by atoms with Crippen molar-refractivity contribution in [2.75, 3.05) is 13.1 Å². The highest BCUT2D eigenvalue weighted by Gasteiger charge is 2.30. The highest BCUT2D eigenvalue weighted by Crippen LogP contribution is 2.25. The molecule has 0 amide bonds. The second kappa shape index (κ2) is 6.75. The molecule has 0 aromatic rings. The first-order valence-corrected chi connectivity index (χ1v) is 7.80. The average Bonchev–Trinajstić information content (AvgIpc) is 2.60. The first kappa shape index (κ1) is 13.4. The van der Waals surface area contributed by atoms with Gasteiger partial charge in [0.2, 0.25) is 0 Å². The smallest absolute Gasteiger partial charge is 0.0196 e. The van der Waals surface area contributed by atoms with E-state index in [1.54, 1.807) is 0 Å². The molecule has 1 saturated heterocycles. The predicted molar refractivity (Wildman–Crippen MR) is 74.4 cm³/mol. The van der Waals surface area contributed by atoms with Gasteiger partial charge in [-0.25, -0.2) is 0 Å². The van der Waals surface area contributed by atoms with Crippen LogP contribution in [0.4, 0.5) is 0 Å². The van der Waals surface area contributed by atoms with Crippen LogP contribution in [0.5, 0.6) is 0 Å². The van der Waals surface area contributed by atoms with Gasteiger partial charge in [-0.2, -0.15) is 0 Å². The zero-order valence-electron chi connectivity index (χ0n) is 11.8. The van der Waals surface area contributed by atoms with E-state index in [4.69, 9.17) is 0 Å². The van der Waals surface area contributed by atoms with Gasteiger partial charge in [-0.15, -0.1) is 0 Å². The minimum atomic E-state index is 0.742. The summed E-state index contributed by atoms with van der Waals surface area (Å²) in [5.74, 6) is 0. The van der Waals surface area contributed by atoms with Gasteiger partial charge in [0.1, 0.15) is 0 Å². The molecule has 100 valence electrons. The Balaban J connectivity index is 1.91. The fraction of sp³-hybridized carbons (Fsp3) is 1.00. The summed E-state index contributed by atoms with van der Waals surface area (Å²) in [5, 5.41) is 3.71. The van der Waals surface area contributed by atoms with Crippen molar-refractivity contribution in [3.05, 3.63) is 0 Å². The van der Waals surface area contributed by atoms with Crippen molar-refractivity contribution in [3.63, 3.8) is 0 Å². The van der Waals surface area contributed by atoms with E-state index in [-0.39, 0.29) is 0 Å². The number of hydrogen-bond donors (Lipinski definition) is 1. The van der Waals surface area contributed by atoms with Crippen LogP contribution in [-0.2, 0) is 0 Å². The summed E-state index contributed by atoms with van der Waals surface area (Å²) in [4.78, 5) is 2.82. The normalized spacial score (nSPS) is 33.5. The van der Waals surface area contributed by atoms with E-state index < -0.39 is 0 Å². The molecule has 0 bridgehead atoms. The van der Waals surface area contributed by atoms with E-state index in [2.05, 4.69) is 24.1 Å². The lowest BCUT2D eigenvalue weighted by molar-refractivity contribution is 0.0796. The summed E-state index contributed by atoms with van der Waals surface area (Å²) in [6, 6.07) is 2.37. The molecule has 0 radical (unpaired) electrons. The van der Waals surface area contributed by atoms with Gasteiger partial charge < -0.3 is 5.32 Å². The molecule has 1 heterocycles. The van der Waals surface area contributed by atoms with Crippen molar-refractivity contribution in [1.29, 1.82) is 0 Å². The van der Waals surface area contributed by atoms with Crippen molar-refractivity contribution in [2.24, 2.45) is 0 Å². The molecule has 1 saturated carbocycles. The van der Waals surface area contributed by atoms with Gasteiger partial charge in [0.05, 0.1) is 0 Å². The Hall–Kier alpha value is -0.0800. The molecule has 2 fully saturated rings. The van der Waals surface area contributed by atoms with Crippen LogP contribution in [0.3, 0.4) is 0 Å². The van der Waals surface area contributed by atoms with Crippen LogP contribution in [0, 0.1) is 0 Å². The molecule has 0 aromatic heterocycles. The van der Waals surface area contributed by atoms with Crippen LogP contribution in [0.25, 0.3) is 0 Å². The highest BCUT2D eigenvalue weighted by atomic mass is 15.2. The maximum atomic E-state index is 3.71. The zero-order valence-corrected chi connectivity index (χ0v) is 11.8. The zero-order chi connectivity index (χ0) is 12.1. The first-order chi connectivity index (χ1) is 8.31. The van der Waals surface area contributed by atoms with E-state index >= 15 is 0 Å². The van der Waals surface area contributed by atoms with Crippen LogP contribution in [0.1, 0.15) is 65.2 Å². The van der Waals surface area contributed by atoms with Crippen molar-refractivity contribution in [1.82, 2.24) is 10.2 Å². The lowest BCUT2D eigenvalue weighted by atomic mass is 9.99. The SMILES string of the molecule is CCCC1CN(C2CCCCCC2)C(C)CN1. The second-order valence-corrected chi connectivity index (χ2v) is 6.09. The third-order valence-electron chi connectivity index (χ3n) is 4.63. The lowest BCUT2D eigenvalue weighted by Gasteiger charge is -2.43. The first-order valence-electron chi connectivity index (χ1n) is 7.80. The molecule has 1 aliphatic carbocycles. The molecule has 0 aromatic carbocycles. The fourth-order valence-corrected chi connectivity index (χ4v) is 3.59. The summed E-state index contributed by atoms with van der Waals surface area (Å²) in [7, 11) is 0. The van der Waals surface area contributed by atoms with E-state index in [9.17, 15) is 0 Å². The van der Waals surface area contributed by atoms with Gasteiger partial charge in [0.25, 0.3) is 0 Å². The molecule has 17 heavy (non-hydrogen) atoms. The summed E-state index contributed by atoms with van der Waals surface area (Å²) in [6.45, 7) is 7.19. The minimum Gasteiger partial charge on any atom is -0.311 e. The van der Waals surface area contributed by atoms with Gasteiger partial charge in [-0.05, 0) is 26.2 Å². The van der Waals surface area contributed by atoms with Gasteiger partial charge >= 0.3 is 0 Å². The third kappa shape index (κ3) is 3.69. The lowest BCUT2D eigenvalue weighted by Crippen LogP contribution is -2.58. The number of piperazine rings is 1. The van der Waals surface area contributed by atoms with Crippen molar-refractivity contribution in [2.45, 2.75) is 83.3 Å². The minimum absolute atomic E-state index is 0.742. The van der Waals surface area contributed by atoms with Crippen LogP contribution >= 0.6 is 0 Å². The monoisotopic (exact) mass is 238 g/mol. The van der Waals surface area contributed by atoms with E-state index in [0.717, 1.165) is 18.1 Å². The Kier molecular flexibility index (Phi) is 5.30. The number of hydrogen-bond acceptors (Lipinski definition) is 2. The Morgan fingerprint density at radius 1 is 1.12 bits per heavy atom. The van der Waals surface area contributed by atoms with Gasteiger partial charge in [0, 0.05) is 31.2 Å². The van der Waals surface area contributed by atoms with Crippen molar-refractivity contribution < 1.29 is 0 Å². The summed E-state index contributed by atoms with van der Waals surface area (Å²) in [5.41, 5.74) is 0. The molecular weight excluding hydrogens is 208 g/mol. The molecule has 2 rings (SSSR count). The van der Waals surface area contributed by atoms with E-state index in [1.165, 1.54) is 64.5 Å². The Bertz CT molecular complexity index is 209. The molecule has 2 heteroatoms. The molecular formula is C15H30N2. The van der Waals surface area contributed by atoms with Crippen LogP contribution in [0.15, 0.2) is 0 Å². The molecule has 2 aliphatic rings.